The Bertz CT molecular complexity index is 172. The van der Waals surface area contributed by atoms with Crippen molar-refractivity contribution >= 4 is 0 Å². The van der Waals surface area contributed by atoms with Crippen molar-refractivity contribution in [2.75, 3.05) is 6.61 Å². The minimum Gasteiger partial charge on any atom is -0.373 e. The summed E-state index contributed by atoms with van der Waals surface area (Å²) in [7, 11) is 0. The molecule has 1 aliphatic heterocycles. The molecule has 2 unspecified atom stereocenters. The zero-order valence-corrected chi connectivity index (χ0v) is 9.18. The predicted octanol–water partition coefficient (Wildman–Crippen LogP) is 3.55. The normalized spacial score (nSPS) is 28.7. The molecule has 0 fully saturated rings. The van der Waals surface area contributed by atoms with Gasteiger partial charge in [0.1, 0.15) is 0 Å². The SMILES string of the molecule is CCCC1OCC(CC)C=C1CC. The van der Waals surface area contributed by atoms with Crippen LogP contribution in [-0.2, 0) is 4.74 Å². The summed E-state index contributed by atoms with van der Waals surface area (Å²) in [4.78, 5) is 0. The van der Waals surface area contributed by atoms with E-state index in [1.54, 1.807) is 0 Å². The first-order valence-corrected chi connectivity index (χ1v) is 5.63. The molecule has 0 N–H and O–H groups in total. The van der Waals surface area contributed by atoms with Gasteiger partial charge in [0, 0.05) is 5.92 Å². The molecule has 13 heavy (non-hydrogen) atoms. The van der Waals surface area contributed by atoms with Crippen LogP contribution in [0.25, 0.3) is 0 Å². The van der Waals surface area contributed by atoms with Crippen molar-refractivity contribution in [2.45, 2.75) is 52.6 Å². The lowest BCUT2D eigenvalue weighted by Gasteiger charge is -2.28. The van der Waals surface area contributed by atoms with Crippen LogP contribution in [0.4, 0.5) is 0 Å². The van der Waals surface area contributed by atoms with Crippen LogP contribution < -0.4 is 0 Å². The summed E-state index contributed by atoms with van der Waals surface area (Å²) in [5.41, 5.74) is 1.53. The van der Waals surface area contributed by atoms with Crippen LogP contribution in [0.3, 0.4) is 0 Å². The van der Waals surface area contributed by atoms with Gasteiger partial charge in [-0.15, -0.1) is 0 Å². The highest BCUT2D eigenvalue weighted by atomic mass is 16.5. The molecule has 1 heterocycles. The average Bonchev–Trinajstić information content (AvgIpc) is 2.19. The molecule has 1 nitrogen and oxygen atoms in total. The highest BCUT2D eigenvalue weighted by Gasteiger charge is 2.20. The topological polar surface area (TPSA) is 9.23 Å². The van der Waals surface area contributed by atoms with Crippen LogP contribution >= 0.6 is 0 Å². The van der Waals surface area contributed by atoms with Crippen LogP contribution in [0.5, 0.6) is 0 Å². The van der Waals surface area contributed by atoms with E-state index in [0.29, 0.717) is 12.0 Å². The number of hydrogen-bond donors (Lipinski definition) is 0. The predicted molar refractivity (Wildman–Crippen MR) is 56.8 cm³/mol. The number of hydrogen-bond acceptors (Lipinski definition) is 1. The molecule has 0 aliphatic carbocycles. The lowest BCUT2D eigenvalue weighted by atomic mass is 9.93. The Morgan fingerprint density at radius 1 is 1.38 bits per heavy atom. The third-order valence-corrected chi connectivity index (χ3v) is 2.86. The van der Waals surface area contributed by atoms with Crippen LogP contribution in [-0.4, -0.2) is 12.7 Å². The van der Waals surface area contributed by atoms with Gasteiger partial charge in [0.25, 0.3) is 0 Å². The summed E-state index contributed by atoms with van der Waals surface area (Å²) in [6.07, 6.45) is 7.65. The van der Waals surface area contributed by atoms with E-state index in [-0.39, 0.29) is 0 Å². The Morgan fingerprint density at radius 3 is 2.69 bits per heavy atom. The molecule has 2 atom stereocenters. The van der Waals surface area contributed by atoms with Crippen molar-refractivity contribution in [3.05, 3.63) is 11.6 Å². The molecule has 0 aromatic rings. The zero-order chi connectivity index (χ0) is 9.68. The lowest BCUT2D eigenvalue weighted by molar-refractivity contribution is 0.0389. The third-order valence-electron chi connectivity index (χ3n) is 2.86. The lowest BCUT2D eigenvalue weighted by Crippen LogP contribution is -2.25. The van der Waals surface area contributed by atoms with Gasteiger partial charge >= 0.3 is 0 Å². The van der Waals surface area contributed by atoms with Crippen molar-refractivity contribution in [3.63, 3.8) is 0 Å². The minimum absolute atomic E-state index is 0.429. The van der Waals surface area contributed by atoms with E-state index in [4.69, 9.17) is 4.74 Å². The van der Waals surface area contributed by atoms with E-state index in [0.717, 1.165) is 13.0 Å². The van der Waals surface area contributed by atoms with Gasteiger partial charge in [-0.05, 0) is 24.8 Å². The fourth-order valence-corrected chi connectivity index (χ4v) is 1.92. The van der Waals surface area contributed by atoms with E-state index >= 15 is 0 Å². The van der Waals surface area contributed by atoms with Gasteiger partial charge in [0.05, 0.1) is 12.7 Å². The molecule has 1 heteroatoms. The second-order valence-electron chi connectivity index (χ2n) is 3.87. The summed E-state index contributed by atoms with van der Waals surface area (Å²) in [5, 5.41) is 0. The second kappa shape index (κ2) is 5.43. The highest BCUT2D eigenvalue weighted by molar-refractivity contribution is 5.12. The fourth-order valence-electron chi connectivity index (χ4n) is 1.92. The molecule has 1 rings (SSSR count). The minimum atomic E-state index is 0.429. The molecule has 1 aliphatic rings. The maximum Gasteiger partial charge on any atom is 0.0785 e. The zero-order valence-electron chi connectivity index (χ0n) is 9.18. The van der Waals surface area contributed by atoms with Crippen LogP contribution in [0.1, 0.15) is 46.5 Å². The fraction of sp³-hybridized carbons (Fsp3) is 0.833. The summed E-state index contributed by atoms with van der Waals surface area (Å²) in [6, 6.07) is 0. The second-order valence-corrected chi connectivity index (χ2v) is 3.87. The largest absolute Gasteiger partial charge is 0.373 e. The van der Waals surface area contributed by atoms with Crippen molar-refractivity contribution in [1.29, 1.82) is 0 Å². The van der Waals surface area contributed by atoms with Gasteiger partial charge < -0.3 is 4.74 Å². The molecule has 0 spiro atoms. The summed E-state index contributed by atoms with van der Waals surface area (Å²) < 4.78 is 5.86. The molecule has 0 amide bonds. The summed E-state index contributed by atoms with van der Waals surface area (Å²) in [6.45, 7) is 7.63. The molecule has 0 saturated heterocycles. The Morgan fingerprint density at radius 2 is 2.15 bits per heavy atom. The third kappa shape index (κ3) is 2.84. The van der Waals surface area contributed by atoms with E-state index in [1.807, 2.05) is 0 Å². The summed E-state index contributed by atoms with van der Waals surface area (Å²) >= 11 is 0. The Kier molecular flexibility index (Phi) is 4.51. The highest BCUT2D eigenvalue weighted by Crippen LogP contribution is 2.25. The smallest absolute Gasteiger partial charge is 0.0785 e. The van der Waals surface area contributed by atoms with Crippen LogP contribution in [0.2, 0.25) is 0 Å². The van der Waals surface area contributed by atoms with E-state index in [9.17, 15) is 0 Å². The van der Waals surface area contributed by atoms with E-state index < -0.39 is 0 Å². The Labute approximate surface area is 82.2 Å². The quantitative estimate of drug-likeness (QED) is 0.604. The van der Waals surface area contributed by atoms with E-state index in [1.165, 1.54) is 24.8 Å². The van der Waals surface area contributed by atoms with Crippen molar-refractivity contribution < 1.29 is 4.74 Å². The molecule has 0 aromatic carbocycles. The van der Waals surface area contributed by atoms with Gasteiger partial charge in [0.2, 0.25) is 0 Å². The van der Waals surface area contributed by atoms with Gasteiger partial charge in [-0.2, -0.15) is 0 Å². The van der Waals surface area contributed by atoms with Crippen molar-refractivity contribution in [1.82, 2.24) is 0 Å². The standard InChI is InChI=1S/C12H22O/c1-4-7-12-11(6-3)8-10(5-2)9-13-12/h8,10,12H,4-7,9H2,1-3H3. The maximum atomic E-state index is 5.86. The molecule has 0 aromatic heterocycles. The molecular weight excluding hydrogens is 160 g/mol. The molecule has 76 valence electrons. The van der Waals surface area contributed by atoms with Gasteiger partial charge in [-0.1, -0.05) is 33.3 Å². The first-order valence-electron chi connectivity index (χ1n) is 5.63. The maximum absolute atomic E-state index is 5.86. The number of ether oxygens (including phenoxy) is 1. The summed E-state index contributed by atoms with van der Waals surface area (Å²) in [5.74, 6) is 0.669. The van der Waals surface area contributed by atoms with Crippen LogP contribution in [0.15, 0.2) is 11.6 Å². The van der Waals surface area contributed by atoms with Gasteiger partial charge in [-0.25, -0.2) is 0 Å². The molecular formula is C12H22O. The van der Waals surface area contributed by atoms with Crippen LogP contribution in [0, 0.1) is 5.92 Å². The molecule has 0 saturated carbocycles. The first-order chi connectivity index (χ1) is 6.31. The van der Waals surface area contributed by atoms with Gasteiger partial charge in [0.15, 0.2) is 0 Å². The molecule has 0 radical (unpaired) electrons. The monoisotopic (exact) mass is 182 g/mol. The Balaban J connectivity index is 2.58. The first kappa shape index (κ1) is 10.8. The van der Waals surface area contributed by atoms with Crippen molar-refractivity contribution in [2.24, 2.45) is 5.92 Å². The number of rotatable bonds is 4. The van der Waals surface area contributed by atoms with Gasteiger partial charge in [-0.3, -0.25) is 0 Å². The average molecular weight is 182 g/mol. The van der Waals surface area contributed by atoms with E-state index in [2.05, 4.69) is 26.8 Å². The van der Waals surface area contributed by atoms with Crippen molar-refractivity contribution in [3.8, 4) is 0 Å². The Hall–Kier alpha value is -0.300. The molecule has 0 bridgehead atoms.